The van der Waals surface area contributed by atoms with E-state index in [2.05, 4.69) is 0 Å². The third-order valence-electron chi connectivity index (χ3n) is 2.65. The molecule has 20 heavy (non-hydrogen) atoms. The summed E-state index contributed by atoms with van der Waals surface area (Å²) >= 11 is 5.78. The van der Waals surface area contributed by atoms with Crippen LogP contribution in [0.15, 0.2) is 36.4 Å². The highest BCUT2D eigenvalue weighted by Crippen LogP contribution is 2.29. The van der Waals surface area contributed by atoms with Crippen molar-refractivity contribution < 1.29 is 14.6 Å². The molecule has 0 unspecified atom stereocenters. The first-order valence-corrected chi connectivity index (χ1v) is 6.10. The Kier molecular flexibility index (Phi) is 3.92. The molecule has 100 valence electrons. The van der Waals surface area contributed by atoms with Crippen molar-refractivity contribution in [3.05, 3.63) is 58.1 Å². The summed E-state index contributed by atoms with van der Waals surface area (Å²) in [5, 5.41) is 18.2. The second-order valence-electron chi connectivity index (χ2n) is 4.16. The van der Waals surface area contributed by atoms with Crippen LogP contribution >= 0.6 is 11.6 Å². The molecule has 2 aromatic carbocycles. The van der Waals surface area contributed by atoms with E-state index in [0.717, 1.165) is 5.56 Å². The van der Waals surface area contributed by atoms with Crippen LogP contribution in [0.5, 0.6) is 11.5 Å². The number of aryl methyl sites for hydroxylation is 1. The Hall–Kier alpha value is -2.51. The van der Waals surface area contributed by atoms with E-state index in [0.29, 0.717) is 17.1 Å². The van der Waals surface area contributed by atoms with E-state index in [1.807, 2.05) is 19.1 Å². The monoisotopic (exact) mass is 287 g/mol. The van der Waals surface area contributed by atoms with Gasteiger partial charge in [-0.25, -0.2) is 4.79 Å². The van der Waals surface area contributed by atoms with Gasteiger partial charge in [0, 0.05) is 0 Å². The van der Waals surface area contributed by atoms with Gasteiger partial charge in [0.25, 0.3) is 0 Å². The molecule has 5 heteroatoms. The molecule has 0 heterocycles. The van der Waals surface area contributed by atoms with Crippen molar-refractivity contribution in [2.75, 3.05) is 0 Å². The van der Waals surface area contributed by atoms with Gasteiger partial charge in [0.15, 0.2) is 0 Å². The van der Waals surface area contributed by atoms with Gasteiger partial charge in [0.1, 0.15) is 17.6 Å². The number of carboxylic acids is 1. The molecular formula is C15H10ClNO3. The van der Waals surface area contributed by atoms with Crippen LogP contribution in [-0.4, -0.2) is 11.1 Å². The number of nitrogens with zero attached hydrogens (tertiary/aromatic N) is 1. The van der Waals surface area contributed by atoms with Gasteiger partial charge in [-0.3, -0.25) is 0 Å². The zero-order valence-electron chi connectivity index (χ0n) is 10.6. The van der Waals surface area contributed by atoms with Crippen molar-refractivity contribution >= 4 is 17.6 Å². The highest BCUT2D eigenvalue weighted by atomic mass is 35.5. The number of carboxylic acid groups (broad SMARTS) is 1. The van der Waals surface area contributed by atoms with Crippen LogP contribution in [-0.2, 0) is 0 Å². The average molecular weight is 288 g/mol. The summed E-state index contributed by atoms with van der Waals surface area (Å²) in [5.41, 5.74) is 1.28. The largest absolute Gasteiger partial charge is 0.478 e. The van der Waals surface area contributed by atoms with Gasteiger partial charge in [0.2, 0.25) is 0 Å². The van der Waals surface area contributed by atoms with Crippen molar-refractivity contribution in [1.29, 1.82) is 5.26 Å². The van der Waals surface area contributed by atoms with Gasteiger partial charge < -0.3 is 9.84 Å². The predicted octanol–water partition coefficient (Wildman–Crippen LogP) is 4.01. The summed E-state index contributed by atoms with van der Waals surface area (Å²) in [6, 6.07) is 11.5. The summed E-state index contributed by atoms with van der Waals surface area (Å²) in [6.45, 7) is 1.87. The fourth-order valence-corrected chi connectivity index (χ4v) is 1.88. The van der Waals surface area contributed by atoms with E-state index in [1.165, 1.54) is 12.1 Å². The second kappa shape index (κ2) is 5.64. The van der Waals surface area contributed by atoms with Crippen LogP contribution in [0.2, 0.25) is 5.02 Å². The van der Waals surface area contributed by atoms with E-state index in [4.69, 9.17) is 26.7 Å². The van der Waals surface area contributed by atoms with Crippen LogP contribution < -0.4 is 4.74 Å². The highest BCUT2D eigenvalue weighted by Gasteiger charge is 2.11. The standard InChI is InChI=1S/C15H10ClNO3/c1-9-2-5-14(10(6-9)8-17)20-11-3-4-13(16)12(7-11)15(18)19/h2-7H,1H3,(H,18,19). The molecule has 0 fully saturated rings. The van der Waals surface area contributed by atoms with E-state index in [9.17, 15) is 4.79 Å². The van der Waals surface area contributed by atoms with Crippen molar-refractivity contribution in [3.8, 4) is 17.6 Å². The summed E-state index contributed by atoms with van der Waals surface area (Å²) in [7, 11) is 0. The summed E-state index contributed by atoms with van der Waals surface area (Å²) in [6.07, 6.45) is 0. The van der Waals surface area contributed by atoms with Crippen LogP contribution in [0, 0.1) is 18.3 Å². The molecule has 0 aliphatic heterocycles. The third kappa shape index (κ3) is 2.90. The van der Waals surface area contributed by atoms with E-state index < -0.39 is 5.97 Å². The number of carbonyl (C=O) groups is 1. The number of halogens is 1. The Morgan fingerprint density at radius 3 is 2.70 bits per heavy atom. The molecule has 0 saturated heterocycles. The molecular weight excluding hydrogens is 278 g/mol. The molecule has 0 bridgehead atoms. The van der Waals surface area contributed by atoms with E-state index >= 15 is 0 Å². The summed E-state index contributed by atoms with van der Waals surface area (Å²) in [5.74, 6) is -0.450. The number of ether oxygens (including phenoxy) is 1. The minimum absolute atomic E-state index is 0.0465. The Labute approximate surface area is 120 Å². The third-order valence-corrected chi connectivity index (χ3v) is 2.98. The first-order valence-electron chi connectivity index (χ1n) is 5.72. The van der Waals surface area contributed by atoms with Crippen LogP contribution in [0.4, 0.5) is 0 Å². The van der Waals surface area contributed by atoms with Crippen LogP contribution in [0.3, 0.4) is 0 Å². The maximum Gasteiger partial charge on any atom is 0.337 e. The van der Waals surface area contributed by atoms with E-state index in [-0.39, 0.29) is 10.6 Å². The van der Waals surface area contributed by atoms with Crippen molar-refractivity contribution in [1.82, 2.24) is 0 Å². The Morgan fingerprint density at radius 1 is 1.30 bits per heavy atom. The molecule has 0 spiro atoms. The fourth-order valence-electron chi connectivity index (χ4n) is 1.68. The summed E-state index contributed by atoms with van der Waals surface area (Å²) < 4.78 is 5.56. The van der Waals surface area contributed by atoms with Gasteiger partial charge in [-0.15, -0.1) is 0 Å². The Morgan fingerprint density at radius 2 is 2.05 bits per heavy atom. The molecule has 0 radical (unpaired) electrons. The number of hydrogen-bond donors (Lipinski definition) is 1. The van der Waals surface area contributed by atoms with Crippen molar-refractivity contribution in [3.63, 3.8) is 0 Å². The zero-order valence-corrected chi connectivity index (χ0v) is 11.3. The maximum absolute atomic E-state index is 11.0. The first kappa shape index (κ1) is 13.9. The molecule has 4 nitrogen and oxygen atoms in total. The van der Waals surface area contributed by atoms with Gasteiger partial charge in [-0.1, -0.05) is 17.7 Å². The average Bonchev–Trinajstić information content (AvgIpc) is 2.42. The van der Waals surface area contributed by atoms with Crippen LogP contribution in [0.25, 0.3) is 0 Å². The van der Waals surface area contributed by atoms with Gasteiger partial charge in [-0.2, -0.15) is 5.26 Å². The number of benzene rings is 2. The van der Waals surface area contributed by atoms with Crippen molar-refractivity contribution in [2.24, 2.45) is 0 Å². The quantitative estimate of drug-likeness (QED) is 0.926. The molecule has 0 aliphatic carbocycles. The van der Waals surface area contributed by atoms with Crippen molar-refractivity contribution in [2.45, 2.75) is 6.92 Å². The Bertz CT molecular complexity index is 720. The lowest BCUT2D eigenvalue weighted by Crippen LogP contribution is -1.98. The van der Waals surface area contributed by atoms with Crippen LogP contribution in [0.1, 0.15) is 21.5 Å². The number of aromatic carboxylic acids is 1. The highest BCUT2D eigenvalue weighted by molar-refractivity contribution is 6.33. The molecule has 0 atom stereocenters. The number of nitriles is 1. The molecule has 0 aromatic heterocycles. The zero-order chi connectivity index (χ0) is 14.7. The lowest BCUT2D eigenvalue weighted by atomic mass is 10.1. The lowest BCUT2D eigenvalue weighted by Gasteiger charge is -2.09. The molecule has 0 saturated carbocycles. The first-order chi connectivity index (χ1) is 9.51. The molecule has 0 amide bonds. The normalized spacial score (nSPS) is 9.85. The van der Waals surface area contributed by atoms with E-state index in [1.54, 1.807) is 18.2 Å². The topological polar surface area (TPSA) is 70.3 Å². The Balaban J connectivity index is 2.38. The SMILES string of the molecule is Cc1ccc(Oc2ccc(Cl)c(C(=O)O)c2)c(C#N)c1. The molecule has 1 N–H and O–H groups in total. The molecule has 0 aliphatic rings. The lowest BCUT2D eigenvalue weighted by molar-refractivity contribution is 0.0696. The minimum atomic E-state index is -1.13. The predicted molar refractivity (Wildman–Crippen MR) is 74.4 cm³/mol. The van der Waals surface area contributed by atoms with Gasteiger partial charge in [-0.05, 0) is 42.8 Å². The smallest absolute Gasteiger partial charge is 0.337 e. The van der Waals surface area contributed by atoms with Gasteiger partial charge >= 0.3 is 5.97 Å². The fraction of sp³-hybridized carbons (Fsp3) is 0.0667. The minimum Gasteiger partial charge on any atom is -0.478 e. The second-order valence-corrected chi connectivity index (χ2v) is 4.57. The number of rotatable bonds is 3. The maximum atomic E-state index is 11.0. The molecule has 2 rings (SSSR count). The molecule has 2 aromatic rings. The number of hydrogen-bond acceptors (Lipinski definition) is 3. The summed E-state index contributed by atoms with van der Waals surface area (Å²) in [4.78, 5) is 11.0. The van der Waals surface area contributed by atoms with Gasteiger partial charge in [0.05, 0.1) is 16.1 Å².